The normalized spacial score (nSPS) is 35.5. The minimum atomic E-state index is -0.520. The zero-order valence-electron chi connectivity index (χ0n) is 14.9. The summed E-state index contributed by atoms with van der Waals surface area (Å²) in [6.45, 7) is 9.69. The molecule has 1 heterocycles. The lowest BCUT2D eigenvalue weighted by molar-refractivity contribution is -0.169. The van der Waals surface area contributed by atoms with E-state index in [1.807, 2.05) is 27.7 Å². The van der Waals surface area contributed by atoms with Crippen molar-refractivity contribution in [3.05, 3.63) is 23.2 Å². The van der Waals surface area contributed by atoms with Crippen molar-refractivity contribution < 1.29 is 18.7 Å². The predicted octanol–water partition coefficient (Wildman–Crippen LogP) is 4.68. The van der Waals surface area contributed by atoms with Crippen LogP contribution in [0.5, 0.6) is 0 Å². The number of alkyl halides is 1. The van der Waals surface area contributed by atoms with Crippen LogP contribution in [-0.4, -0.2) is 17.1 Å². The Morgan fingerprint density at radius 2 is 2.08 bits per heavy atom. The number of ketones is 1. The van der Waals surface area contributed by atoms with Crippen molar-refractivity contribution >= 4 is 23.4 Å². The van der Waals surface area contributed by atoms with E-state index in [0.717, 1.165) is 24.0 Å². The molecule has 0 amide bonds. The Labute approximate surface area is 147 Å². The van der Waals surface area contributed by atoms with Crippen molar-refractivity contribution in [1.82, 2.24) is 0 Å². The number of Topliss-reactive ketones (excluding diaryl/α,β-unsaturated/α-hetero) is 1. The van der Waals surface area contributed by atoms with Crippen molar-refractivity contribution in [3.63, 3.8) is 0 Å². The second-order valence-corrected chi connectivity index (χ2v) is 8.40. The van der Waals surface area contributed by atoms with Crippen molar-refractivity contribution in [3.8, 4) is 0 Å². The molecule has 3 rings (SSSR count). The summed E-state index contributed by atoms with van der Waals surface area (Å²) in [5, 5.41) is -0.266. The van der Waals surface area contributed by atoms with Crippen molar-refractivity contribution in [2.45, 2.75) is 58.9 Å². The molecule has 24 heavy (non-hydrogen) atoms. The number of esters is 1. The summed E-state index contributed by atoms with van der Waals surface area (Å²) in [7, 11) is 0. The van der Waals surface area contributed by atoms with E-state index >= 15 is 0 Å². The molecular weight excluding hydrogens is 328 g/mol. The Bertz CT molecular complexity index is 677. The van der Waals surface area contributed by atoms with E-state index in [0.29, 0.717) is 5.76 Å². The summed E-state index contributed by atoms with van der Waals surface area (Å²) >= 11 is 6.57. The first-order valence-electron chi connectivity index (χ1n) is 8.66. The first kappa shape index (κ1) is 17.5. The lowest BCUT2D eigenvalue weighted by Gasteiger charge is -2.53. The summed E-state index contributed by atoms with van der Waals surface area (Å²) in [6, 6.07) is 0. The van der Waals surface area contributed by atoms with Crippen molar-refractivity contribution in [2.24, 2.45) is 23.2 Å². The minimum Gasteiger partial charge on any atom is -0.460 e. The van der Waals surface area contributed by atoms with Crippen LogP contribution < -0.4 is 0 Å². The zero-order chi connectivity index (χ0) is 17.8. The molecule has 0 saturated heterocycles. The highest BCUT2D eigenvalue weighted by molar-refractivity contribution is 6.23. The third kappa shape index (κ3) is 2.33. The Morgan fingerprint density at radius 1 is 1.42 bits per heavy atom. The molecule has 1 aromatic rings. The van der Waals surface area contributed by atoms with Gasteiger partial charge in [0.2, 0.25) is 5.78 Å². The molecule has 5 unspecified atom stereocenters. The minimum absolute atomic E-state index is 0.0519. The van der Waals surface area contributed by atoms with Gasteiger partial charge in [-0.2, -0.15) is 0 Å². The van der Waals surface area contributed by atoms with Crippen LogP contribution in [0.3, 0.4) is 0 Å². The fraction of sp³-hybridized carbons (Fsp3) is 0.684. The van der Waals surface area contributed by atoms with Crippen LogP contribution in [0.2, 0.25) is 0 Å². The molecule has 5 heteroatoms. The molecule has 0 N–H and O–H groups in total. The molecule has 1 fully saturated rings. The van der Waals surface area contributed by atoms with Gasteiger partial charge >= 0.3 is 5.97 Å². The van der Waals surface area contributed by atoms with Crippen molar-refractivity contribution in [1.29, 1.82) is 0 Å². The Balaban J connectivity index is 2.18. The molecule has 1 aromatic heterocycles. The number of furan rings is 1. The maximum absolute atomic E-state index is 13.1. The fourth-order valence-corrected chi connectivity index (χ4v) is 4.82. The lowest BCUT2D eigenvalue weighted by atomic mass is 9.53. The molecule has 0 radical (unpaired) electrons. The third-order valence-corrected chi connectivity index (χ3v) is 6.50. The summed E-state index contributed by atoms with van der Waals surface area (Å²) in [5.74, 6) is -0.407. The molecule has 5 atom stereocenters. The van der Waals surface area contributed by atoms with Gasteiger partial charge in [-0.05, 0) is 31.2 Å². The Hall–Kier alpha value is -1.29. The molecule has 2 aliphatic rings. The number of fused-ring (bicyclic) bond motifs is 2. The smallest absolute Gasteiger partial charge is 0.309 e. The summed E-state index contributed by atoms with van der Waals surface area (Å²) in [4.78, 5) is 25.4. The van der Waals surface area contributed by atoms with Crippen molar-refractivity contribution in [2.75, 3.05) is 0 Å². The molecule has 0 aromatic carbocycles. The van der Waals surface area contributed by atoms with Crippen LogP contribution >= 0.6 is 11.6 Å². The molecular formula is C19H25ClO4. The highest BCUT2D eigenvalue weighted by Crippen LogP contribution is 2.60. The van der Waals surface area contributed by atoms with Gasteiger partial charge in [-0.1, -0.05) is 27.7 Å². The summed E-state index contributed by atoms with van der Waals surface area (Å²) in [6.07, 6.45) is 2.78. The van der Waals surface area contributed by atoms with Crippen LogP contribution in [0, 0.1) is 30.1 Å². The molecule has 1 saturated carbocycles. The van der Waals surface area contributed by atoms with E-state index in [4.69, 9.17) is 20.8 Å². The van der Waals surface area contributed by atoms with E-state index in [1.54, 1.807) is 6.26 Å². The van der Waals surface area contributed by atoms with Gasteiger partial charge in [-0.25, -0.2) is 0 Å². The topological polar surface area (TPSA) is 56.5 Å². The lowest BCUT2D eigenvalue weighted by Crippen LogP contribution is -2.54. The molecule has 0 bridgehead atoms. The number of rotatable bonds is 2. The SMILES string of the molecule is Cc1coc2c1C(OC(=O)C(C)C)C1(C)C(C)CCC(Cl)C1C2=O. The number of hydrogen-bond acceptors (Lipinski definition) is 4. The van der Waals surface area contributed by atoms with E-state index in [2.05, 4.69) is 6.92 Å². The van der Waals surface area contributed by atoms with E-state index in [1.165, 1.54) is 0 Å². The molecule has 4 nitrogen and oxygen atoms in total. The van der Waals surface area contributed by atoms with Crippen LogP contribution in [-0.2, 0) is 9.53 Å². The maximum Gasteiger partial charge on any atom is 0.309 e. The number of aryl methyl sites for hydroxylation is 1. The number of hydrogen-bond donors (Lipinski definition) is 0. The molecule has 132 valence electrons. The van der Waals surface area contributed by atoms with Gasteiger partial charge < -0.3 is 9.15 Å². The highest BCUT2D eigenvalue weighted by Gasteiger charge is 2.61. The van der Waals surface area contributed by atoms with Gasteiger partial charge in [0.15, 0.2) is 5.76 Å². The van der Waals surface area contributed by atoms with Gasteiger partial charge in [0, 0.05) is 16.4 Å². The quantitative estimate of drug-likeness (QED) is 0.572. The Morgan fingerprint density at radius 3 is 2.71 bits per heavy atom. The fourth-order valence-electron chi connectivity index (χ4n) is 4.31. The van der Waals surface area contributed by atoms with Crippen LogP contribution in [0.25, 0.3) is 0 Å². The third-order valence-electron chi connectivity index (χ3n) is 6.03. The first-order valence-corrected chi connectivity index (χ1v) is 9.10. The van der Waals surface area contributed by atoms with Gasteiger partial charge in [-0.15, -0.1) is 11.6 Å². The zero-order valence-corrected chi connectivity index (χ0v) is 15.6. The second-order valence-electron chi connectivity index (χ2n) is 7.84. The number of carbonyl (C=O) groups excluding carboxylic acids is 2. The number of ether oxygens (including phenoxy) is 1. The predicted molar refractivity (Wildman–Crippen MR) is 91.1 cm³/mol. The number of carbonyl (C=O) groups is 2. The van der Waals surface area contributed by atoms with Gasteiger partial charge in [-0.3, -0.25) is 9.59 Å². The standard InChI is InChI=1S/C19H25ClO4/c1-9(2)18(22)24-17-13-10(3)8-23-16(13)15(21)14-12(20)7-6-11(4)19(14,17)5/h8-9,11-12,14,17H,6-7H2,1-5H3. The van der Waals surface area contributed by atoms with Crippen LogP contribution in [0.1, 0.15) is 68.3 Å². The van der Waals surface area contributed by atoms with Gasteiger partial charge in [0.05, 0.1) is 18.1 Å². The van der Waals surface area contributed by atoms with E-state index in [9.17, 15) is 9.59 Å². The maximum atomic E-state index is 13.1. The molecule has 0 aliphatic heterocycles. The monoisotopic (exact) mass is 352 g/mol. The van der Waals surface area contributed by atoms with Crippen LogP contribution in [0.15, 0.2) is 10.7 Å². The number of halogens is 1. The largest absolute Gasteiger partial charge is 0.460 e. The highest BCUT2D eigenvalue weighted by atomic mass is 35.5. The second kappa shape index (κ2) is 5.91. The molecule has 2 aliphatic carbocycles. The van der Waals surface area contributed by atoms with Gasteiger partial charge in [0.25, 0.3) is 0 Å². The first-order chi connectivity index (χ1) is 11.2. The molecule has 0 spiro atoms. The summed E-state index contributed by atoms with van der Waals surface area (Å²) in [5.41, 5.74) is 1.06. The Kier molecular flexibility index (Phi) is 4.31. The van der Waals surface area contributed by atoms with Crippen LogP contribution in [0.4, 0.5) is 0 Å². The van der Waals surface area contributed by atoms with E-state index in [-0.39, 0.29) is 29.0 Å². The summed E-state index contributed by atoms with van der Waals surface area (Å²) < 4.78 is 11.5. The van der Waals surface area contributed by atoms with E-state index < -0.39 is 17.4 Å². The average Bonchev–Trinajstić information content (AvgIpc) is 2.89. The van der Waals surface area contributed by atoms with Gasteiger partial charge in [0.1, 0.15) is 6.10 Å². The average molecular weight is 353 g/mol.